The van der Waals surface area contributed by atoms with E-state index >= 15 is 0 Å². The van der Waals surface area contributed by atoms with Gasteiger partial charge in [-0.15, -0.1) is 0 Å². The van der Waals surface area contributed by atoms with Crippen molar-refractivity contribution in [2.24, 2.45) is 0 Å². The van der Waals surface area contributed by atoms with Gasteiger partial charge in [-0.05, 0) is 57.4 Å². The number of benzene rings is 2. The minimum absolute atomic E-state index is 0.0348. The second kappa shape index (κ2) is 7.82. The molecule has 0 heterocycles. The zero-order valence-electron chi connectivity index (χ0n) is 14.4. The Morgan fingerprint density at radius 3 is 2.17 bits per heavy atom. The van der Waals surface area contributed by atoms with E-state index < -0.39 is 0 Å². The Hall–Kier alpha value is -2.29. The van der Waals surface area contributed by atoms with Crippen molar-refractivity contribution in [1.29, 1.82) is 0 Å². The maximum Gasteiger partial charge on any atom is 0.224 e. The molecule has 2 aromatic rings. The van der Waals surface area contributed by atoms with Gasteiger partial charge in [0.15, 0.2) is 0 Å². The average Bonchev–Trinajstić information content (AvgIpc) is 2.49. The fourth-order valence-electron chi connectivity index (χ4n) is 2.64. The molecule has 0 unspecified atom stereocenters. The lowest BCUT2D eigenvalue weighted by molar-refractivity contribution is -0.116. The molecule has 0 fully saturated rings. The van der Waals surface area contributed by atoms with Crippen LogP contribution in [0.25, 0.3) is 0 Å². The molecule has 1 N–H and O–H groups in total. The van der Waals surface area contributed by atoms with Crippen LogP contribution in [0.3, 0.4) is 0 Å². The van der Waals surface area contributed by atoms with E-state index in [9.17, 15) is 4.79 Å². The van der Waals surface area contributed by atoms with Crippen molar-refractivity contribution in [3.05, 3.63) is 58.7 Å². The first-order valence-corrected chi connectivity index (χ1v) is 8.03. The van der Waals surface area contributed by atoms with Gasteiger partial charge in [-0.2, -0.15) is 0 Å². The first-order valence-electron chi connectivity index (χ1n) is 8.03. The van der Waals surface area contributed by atoms with Crippen LogP contribution in [0, 0.1) is 27.7 Å². The summed E-state index contributed by atoms with van der Waals surface area (Å²) in [4.78, 5) is 12.1. The Morgan fingerprint density at radius 2 is 1.57 bits per heavy atom. The van der Waals surface area contributed by atoms with Crippen LogP contribution in [0.15, 0.2) is 36.4 Å². The van der Waals surface area contributed by atoms with Gasteiger partial charge < -0.3 is 10.1 Å². The van der Waals surface area contributed by atoms with E-state index in [1.165, 1.54) is 11.1 Å². The van der Waals surface area contributed by atoms with Crippen molar-refractivity contribution in [3.8, 4) is 5.75 Å². The molecule has 0 aliphatic rings. The monoisotopic (exact) mass is 311 g/mol. The van der Waals surface area contributed by atoms with Gasteiger partial charge in [0.1, 0.15) is 5.75 Å². The molecule has 0 aliphatic carbocycles. The lowest BCUT2D eigenvalue weighted by Gasteiger charge is -2.13. The summed E-state index contributed by atoms with van der Waals surface area (Å²) in [5.74, 6) is 0.883. The van der Waals surface area contributed by atoms with Gasteiger partial charge in [0.25, 0.3) is 0 Å². The van der Waals surface area contributed by atoms with Gasteiger partial charge in [0.2, 0.25) is 5.91 Å². The van der Waals surface area contributed by atoms with E-state index in [0.29, 0.717) is 19.4 Å². The van der Waals surface area contributed by atoms with Crippen LogP contribution in [0.5, 0.6) is 5.75 Å². The fraction of sp³-hybridized carbons (Fsp3) is 0.350. The quantitative estimate of drug-likeness (QED) is 0.784. The molecule has 3 heteroatoms. The van der Waals surface area contributed by atoms with Crippen LogP contribution in [0.2, 0.25) is 0 Å². The second-order valence-corrected chi connectivity index (χ2v) is 6.09. The number of carbonyl (C=O) groups is 1. The summed E-state index contributed by atoms with van der Waals surface area (Å²) < 4.78 is 5.64. The molecule has 2 aromatic carbocycles. The minimum atomic E-state index is 0.0348. The minimum Gasteiger partial charge on any atom is -0.494 e. The maximum absolute atomic E-state index is 12.1. The van der Waals surface area contributed by atoms with E-state index in [0.717, 1.165) is 22.6 Å². The topological polar surface area (TPSA) is 38.3 Å². The predicted octanol–water partition coefficient (Wildman–Crippen LogP) is 4.72. The highest BCUT2D eigenvalue weighted by Crippen LogP contribution is 2.22. The van der Waals surface area contributed by atoms with Crippen molar-refractivity contribution in [2.75, 3.05) is 11.9 Å². The molecular weight excluding hydrogens is 286 g/mol. The van der Waals surface area contributed by atoms with Crippen molar-refractivity contribution < 1.29 is 9.53 Å². The molecule has 0 spiro atoms. The number of nitrogens with one attached hydrogen (secondary N) is 1. The number of ether oxygens (including phenoxy) is 1. The first kappa shape index (κ1) is 17.1. The summed E-state index contributed by atoms with van der Waals surface area (Å²) in [5, 5.41) is 3.02. The zero-order valence-corrected chi connectivity index (χ0v) is 14.4. The van der Waals surface area contributed by atoms with Crippen LogP contribution in [-0.2, 0) is 4.79 Å². The molecule has 0 radical (unpaired) electrons. The maximum atomic E-state index is 12.1. The van der Waals surface area contributed by atoms with Crippen molar-refractivity contribution in [3.63, 3.8) is 0 Å². The van der Waals surface area contributed by atoms with Gasteiger partial charge in [0, 0.05) is 12.1 Å². The molecule has 0 atom stereocenters. The standard InChI is InChI=1S/C20H25NO2/c1-14-7-9-18(10-8-14)23-11-5-6-19(22)21-20-16(3)12-15(2)13-17(20)4/h7-10,12-13H,5-6,11H2,1-4H3,(H,21,22). The van der Waals surface area contributed by atoms with E-state index in [1.54, 1.807) is 0 Å². The van der Waals surface area contributed by atoms with E-state index in [2.05, 4.69) is 24.4 Å². The Bertz CT molecular complexity index is 652. The number of anilines is 1. The van der Waals surface area contributed by atoms with Gasteiger partial charge in [0.05, 0.1) is 6.61 Å². The highest BCUT2D eigenvalue weighted by atomic mass is 16.5. The number of carbonyl (C=O) groups excluding carboxylic acids is 1. The van der Waals surface area contributed by atoms with Gasteiger partial charge in [-0.3, -0.25) is 4.79 Å². The van der Waals surface area contributed by atoms with Crippen LogP contribution >= 0.6 is 0 Å². The Kier molecular flexibility index (Phi) is 5.80. The molecular formula is C20H25NO2. The van der Waals surface area contributed by atoms with E-state index in [1.807, 2.05) is 45.0 Å². The second-order valence-electron chi connectivity index (χ2n) is 6.09. The highest BCUT2D eigenvalue weighted by Gasteiger charge is 2.08. The molecule has 0 bridgehead atoms. The summed E-state index contributed by atoms with van der Waals surface area (Å²) >= 11 is 0. The molecule has 0 aliphatic heterocycles. The third-order valence-corrected chi connectivity index (χ3v) is 3.78. The molecule has 23 heavy (non-hydrogen) atoms. The van der Waals surface area contributed by atoms with Crippen molar-refractivity contribution >= 4 is 11.6 Å². The van der Waals surface area contributed by atoms with Crippen LogP contribution < -0.4 is 10.1 Å². The molecule has 0 saturated heterocycles. The van der Waals surface area contributed by atoms with Crippen molar-refractivity contribution in [2.45, 2.75) is 40.5 Å². The molecule has 0 saturated carbocycles. The highest BCUT2D eigenvalue weighted by molar-refractivity contribution is 5.92. The predicted molar refractivity (Wildman–Crippen MR) is 95.2 cm³/mol. The van der Waals surface area contributed by atoms with Crippen LogP contribution in [0.1, 0.15) is 35.1 Å². The summed E-state index contributed by atoms with van der Waals surface area (Å²) in [6, 6.07) is 12.1. The molecule has 2 rings (SSSR count). The fourth-order valence-corrected chi connectivity index (χ4v) is 2.64. The SMILES string of the molecule is Cc1ccc(OCCCC(=O)Nc2c(C)cc(C)cc2C)cc1. The van der Waals surface area contributed by atoms with E-state index in [4.69, 9.17) is 4.74 Å². The third-order valence-electron chi connectivity index (χ3n) is 3.78. The zero-order chi connectivity index (χ0) is 16.8. The van der Waals surface area contributed by atoms with E-state index in [-0.39, 0.29) is 5.91 Å². The van der Waals surface area contributed by atoms with Gasteiger partial charge in [-0.25, -0.2) is 0 Å². The van der Waals surface area contributed by atoms with Crippen LogP contribution in [-0.4, -0.2) is 12.5 Å². The number of amides is 1. The molecule has 0 aromatic heterocycles. The molecule has 3 nitrogen and oxygen atoms in total. The van der Waals surface area contributed by atoms with Crippen molar-refractivity contribution in [1.82, 2.24) is 0 Å². The van der Waals surface area contributed by atoms with Crippen LogP contribution in [0.4, 0.5) is 5.69 Å². The summed E-state index contributed by atoms with van der Waals surface area (Å²) in [6.07, 6.45) is 1.16. The number of hydrogen-bond acceptors (Lipinski definition) is 2. The summed E-state index contributed by atoms with van der Waals surface area (Å²) in [5.41, 5.74) is 5.56. The number of rotatable bonds is 6. The normalized spacial score (nSPS) is 10.4. The number of hydrogen-bond donors (Lipinski definition) is 1. The lowest BCUT2D eigenvalue weighted by atomic mass is 10.0. The summed E-state index contributed by atoms with van der Waals surface area (Å²) in [7, 11) is 0. The smallest absolute Gasteiger partial charge is 0.224 e. The lowest BCUT2D eigenvalue weighted by Crippen LogP contribution is -2.14. The van der Waals surface area contributed by atoms with Gasteiger partial charge >= 0.3 is 0 Å². The third kappa shape index (κ3) is 5.13. The average molecular weight is 311 g/mol. The summed E-state index contributed by atoms with van der Waals surface area (Å²) in [6.45, 7) is 8.70. The Morgan fingerprint density at radius 1 is 0.957 bits per heavy atom. The molecule has 122 valence electrons. The van der Waals surface area contributed by atoms with Gasteiger partial charge in [-0.1, -0.05) is 35.4 Å². The Labute approximate surface area is 138 Å². The number of aryl methyl sites for hydroxylation is 4. The molecule has 1 amide bonds. The largest absolute Gasteiger partial charge is 0.494 e. The first-order chi connectivity index (χ1) is 11.0. The Balaban J connectivity index is 1.78.